The van der Waals surface area contributed by atoms with Gasteiger partial charge in [0.25, 0.3) is 11.6 Å². The van der Waals surface area contributed by atoms with E-state index in [0.717, 1.165) is 19.1 Å². The van der Waals surface area contributed by atoms with Crippen LogP contribution in [0.25, 0.3) is 0 Å². The predicted molar refractivity (Wildman–Crippen MR) is 88.9 cm³/mol. The number of benzene rings is 2. The lowest BCUT2D eigenvalue weighted by molar-refractivity contribution is -0.385. The molecule has 0 saturated heterocycles. The molecule has 2 aromatic rings. The molecule has 2 aromatic carbocycles. The molecule has 0 bridgehead atoms. The van der Waals surface area contributed by atoms with E-state index in [9.17, 15) is 28.8 Å². The molecule has 0 unspecified atom stereocenters. The molecule has 0 aliphatic rings. The van der Waals surface area contributed by atoms with Crippen molar-refractivity contribution in [3.05, 3.63) is 63.7 Å². The van der Waals surface area contributed by atoms with Gasteiger partial charge in [0, 0.05) is 23.4 Å². The van der Waals surface area contributed by atoms with Crippen LogP contribution in [0.2, 0.25) is 0 Å². The lowest BCUT2D eigenvalue weighted by Crippen LogP contribution is -2.45. The summed E-state index contributed by atoms with van der Waals surface area (Å²) in [5.74, 6) is -2.92. The molecule has 7 nitrogen and oxygen atoms in total. The Balaban J connectivity index is 2.05. The Morgan fingerprint density at radius 1 is 1.31 bits per heavy atom. The number of nitro groups is 1. The van der Waals surface area contributed by atoms with Gasteiger partial charge in [-0.15, -0.1) is 0 Å². The smallest absolute Gasteiger partial charge is 0.272 e. The monoisotopic (exact) mass is 366 g/mol. The van der Waals surface area contributed by atoms with Crippen LogP contribution in [0.5, 0.6) is 5.75 Å². The molecular weight excluding hydrogens is 350 g/mol. The van der Waals surface area contributed by atoms with Crippen molar-refractivity contribution < 1.29 is 28.3 Å². The molecule has 0 aliphatic heterocycles. The summed E-state index contributed by atoms with van der Waals surface area (Å²) < 4.78 is 31.4. The third-order valence-electron chi connectivity index (χ3n) is 3.54. The number of nitrogens with zero attached hydrogens (tertiary/aromatic N) is 1. The first-order valence-electron chi connectivity index (χ1n) is 7.47. The van der Waals surface area contributed by atoms with Crippen LogP contribution in [0.1, 0.15) is 12.5 Å². The third kappa shape index (κ3) is 4.51. The molecule has 1 amide bonds. The number of aliphatic hydroxyl groups is 1. The maximum atomic E-state index is 13.5. The quantitative estimate of drug-likeness (QED) is 0.605. The molecular formula is C17H16F2N2O5. The fraction of sp³-hybridized carbons (Fsp3) is 0.235. The van der Waals surface area contributed by atoms with E-state index in [0.29, 0.717) is 11.6 Å². The highest BCUT2D eigenvalue weighted by Gasteiger charge is 2.32. The van der Waals surface area contributed by atoms with Gasteiger partial charge in [-0.25, -0.2) is 8.78 Å². The topological polar surface area (TPSA) is 102 Å². The van der Waals surface area contributed by atoms with Gasteiger partial charge in [0.2, 0.25) is 0 Å². The second-order valence-corrected chi connectivity index (χ2v) is 5.85. The van der Waals surface area contributed by atoms with E-state index in [1.807, 2.05) is 0 Å². The number of hydrogen-bond acceptors (Lipinski definition) is 5. The molecule has 1 atom stereocenters. The highest BCUT2D eigenvalue weighted by atomic mass is 19.1. The van der Waals surface area contributed by atoms with Crippen molar-refractivity contribution in [2.75, 3.05) is 11.9 Å². The fourth-order valence-electron chi connectivity index (χ4n) is 2.08. The number of carbonyl (C=O) groups is 1. The number of halogens is 2. The van der Waals surface area contributed by atoms with Gasteiger partial charge >= 0.3 is 0 Å². The van der Waals surface area contributed by atoms with E-state index in [-0.39, 0.29) is 17.1 Å². The average molecular weight is 366 g/mol. The lowest BCUT2D eigenvalue weighted by atomic mass is 10.1. The summed E-state index contributed by atoms with van der Waals surface area (Å²) in [7, 11) is 0. The Bertz CT molecular complexity index is 855. The Morgan fingerprint density at radius 3 is 2.58 bits per heavy atom. The number of nitrogens with one attached hydrogen (secondary N) is 1. The number of anilines is 1. The van der Waals surface area contributed by atoms with Gasteiger partial charge in [-0.1, -0.05) is 0 Å². The standard InChI is InChI=1S/C17H16F2N2O5/c1-10-7-12(4-5-14(10)21(24)25)20-16(22)17(2,23)9-26-15-6-3-11(18)8-13(15)19/h3-8,23H,9H2,1-2H3,(H,20,22)/t17-/m0/s1. The van der Waals surface area contributed by atoms with Gasteiger partial charge in [0.1, 0.15) is 12.4 Å². The molecule has 9 heteroatoms. The van der Waals surface area contributed by atoms with Crippen LogP contribution in [0.4, 0.5) is 20.2 Å². The van der Waals surface area contributed by atoms with Gasteiger partial charge in [-0.05, 0) is 38.1 Å². The van der Waals surface area contributed by atoms with Crippen molar-refractivity contribution in [2.45, 2.75) is 19.4 Å². The fourth-order valence-corrected chi connectivity index (χ4v) is 2.08. The minimum Gasteiger partial charge on any atom is -0.487 e. The van der Waals surface area contributed by atoms with E-state index >= 15 is 0 Å². The van der Waals surface area contributed by atoms with Gasteiger partial charge < -0.3 is 15.2 Å². The maximum absolute atomic E-state index is 13.5. The van der Waals surface area contributed by atoms with Gasteiger partial charge in [-0.3, -0.25) is 14.9 Å². The summed E-state index contributed by atoms with van der Waals surface area (Å²) in [5, 5.41) is 23.4. The molecule has 2 N–H and O–H groups in total. The number of rotatable bonds is 6. The highest BCUT2D eigenvalue weighted by molar-refractivity contribution is 5.97. The highest BCUT2D eigenvalue weighted by Crippen LogP contribution is 2.23. The van der Waals surface area contributed by atoms with Crippen LogP contribution in [-0.4, -0.2) is 28.1 Å². The molecule has 0 heterocycles. The zero-order valence-corrected chi connectivity index (χ0v) is 14.0. The van der Waals surface area contributed by atoms with Gasteiger partial charge in [0.15, 0.2) is 17.2 Å². The molecule has 138 valence electrons. The van der Waals surface area contributed by atoms with Crippen LogP contribution < -0.4 is 10.1 Å². The second kappa shape index (κ2) is 7.44. The van der Waals surface area contributed by atoms with Crippen LogP contribution >= 0.6 is 0 Å². The number of ether oxygens (including phenoxy) is 1. The first-order valence-corrected chi connectivity index (χ1v) is 7.47. The normalized spacial score (nSPS) is 13.0. The summed E-state index contributed by atoms with van der Waals surface area (Å²) >= 11 is 0. The summed E-state index contributed by atoms with van der Waals surface area (Å²) in [6, 6.07) is 6.56. The van der Waals surface area contributed by atoms with Crippen molar-refractivity contribution in [1.82, 2.24) is 0 Å². The van der Waals surface area contributed by atoms with Crippen molar-refractivity contribution in [3.63, 3.8) is 0 Å². The van der Waals surface area contributed by atoms with Crippen LogP contribution in [-0.2, 0) is 4.79 Å². The Morgan fingerprint density at radius 2 is 2.00 bits per heavy atom. The van der Waals surface area contributed by atoms with Gasteiger partial charge in [0.05, 0.1) is 4.92 Å². The number of carbonyl (C=O) groups excluding carboxylic acids is 1. The third-order valence-corrected chi connectivity index (χ3v) is 3.54. The largest absolute Gasteiger partial charge is 0.487 e. The van der Waals surface area contributed by atoms with Crippen molar-refractivity contribution in [1.29, 1.82) is 0 Å². The number of hydrogen-bond donors (Lipinski definition) is 2. The summed E-state index contributed by atoms with van der Waals surface area (Å²) in [5.41, 5.74) is -1.57. The molecule has 0 saturated carbocycles. The van der Waals surface area contributed by atoms with E-state index in [4.69, 9.17) is 4.74 Å². The first kappa shape index (κ1) is 19.3. The summed E-state index contributed by atoms with van der Waals surface area (Å²) in [4.78, 5) is 22.4. The zero-order valence-electron chi connectivity index (χ0n) is 14.0. The Hall–Kier alpha value is -3.07. The zero-order chi connectivity index (χ0) is 19.5. The molecule has 0 fully saturated rings. The second-order valence-electron chi connectivity index (χ2n) is 5.85. The number of amides is 1. The van der Waals surface area contributed by atoms with Crippen molar-refractivity contribution in [2.24, 2.45) is 0 Å². The van der Waals surface area contributed by atoms with E-state index in [2.05, 4.69) is 5.32 Å². The van der Waals surface area contributed by atoms with Crippen molar-refractivity contribution >= 4 is 17.3 Å². The average Bonchev–Trinajstić information content (AvgIpc) is 2.53. The summed E-state index contributed by atoms with van der Waals surface area (Å²) in [6.07, 6.45) is 0. The van der Waals surface area contributed by atoms with Crippen molar-refractivity contribution in [3.8, 4) is 5.75 Å². The molecule has 0 radical (unpaired) electrons. The Labute approximate surface area is 147 Å². The Kier molecular flexibility index (Phi) is 5.51. The molecule has 0 spiro atoms. The minimum atomic E-state index is -2.03. The molecule has 26 heavy (non-hydrogen) atoms. The predicted octanol–water partition coefficient (Wildman–Crippen LogP) is 2.95. The van der Waals surface area contributed by atoms with Gasteiger partial charge in [-0.2, -0.15) is 0 Å². The van der Waals surface area contributed by atoms with Crippen LogP contribution in [0.3, 0.4) is 0 Å². The van der Waals surface area contributed by atoms with Crippen LogP contribution in [0.15, 0.2) is 36.4 Å². The SMILES string of the molecule is Cc1cc(NC(=O)[C@@](C)(O)COc2ccc(F)cc2F)ccc1[N+](=O)[O-]. The summed E-state index contributed by atoms with van der Waals surface area (Å²) in [6.45, 7) is 2.07. The number of aryl methyl sites for hydroxylation is 1. The molecule has 0 aromatic heterocycles. The first-order chi connectivity index (χ1) is 12.1. The minimum absolute atomic E-state index is 0.107. The molecule has 2 rings (SSSR count). The molecule has 0 aliphatic carbocycles. The van der Waals surface area contributed by atoms with E-state index in [1.165, 1.54) is 25.1 Å². The maximum Gasteiger partial charge on any atom is 0.272 e. The lowest BCUT2D eigenvalue weighted by Gasteiger charge is -2.22. The number of nitro benzene ring substituents is 1. The van der Waals surface area contributed by atoms with E-state index < -0.39 is 34.7 Å². The van der Waals surface area contributed by atoms with E-state index in [1.54, 1.807) is 0 Å². The van der Waals surface area contributed by atoms with Crippen LogP contribution in [0, 0.1) is 28.7 Å².